The monoisotopic (exact) mass is 522 g/mol. The van der Waals surface area contributed by atoms with E-state index in [1.165, 1.54) is 4.90 Å². The number of rotatable bonds is 9. The standard InChI is InChI=1S/C18H33F3N4O2.HI/c1-22-17(23-6-2-8-27-13-15-4-9-26-10-5-15)24-11-16-3-7-25(12-16)14-18(19,20)21;/h15-16H,2-14H2,1H3,(H2,22,23,24);1H. The van der Waals surface area contributed by atoms with Crippen molar-refractivity contribution in [3.63, 3.8) is 0 Å². The molecule has 10 heteroatoms. The largest absolute Gasteiger partial charge is 0.401 e. The van der Waals surface area contributed by atoms with E-state index >= 15 is 0 Å². The Morgan fingerprint density at radius 3 is 2.61 bits per heavy atom. The fraction of sp³-hybridized carbons (Fsp3) is 0.944. The fourth-order valence-corrected chi connectivity index (χ4v) is 3.48. The minimum absolute atomic E-state index is 0. The molecule has 2 rings (SSSR count). The normalized spacial score (nSPS) is 22.1. The third-order valence-electron chi connectivity index (χ3n) is 5.01. The molecule has 0 radical (unpaired) electrons. The Balaban J connectivity index is 0.00000392. The number of likely N-dealkylation sites (tertiary alicyclic amines) is 1. The second-order valence-electron chi connectivity index (χ2n) is 7.37. The second kappa shape index (κ2) is 13.8. The molecule has 0 spiro atoms. The number of ether oxygens (including phenoxy) is 2. The molecule has 2 fully saturated rings. The maximum absolute atomic E-state index is 12.4. The zero-order valence-corrected chi connectivity index (χ0v) is 18.9. The van der Waals surface area contributed by atoms with Crippen molar-refractivity contribution in [2.24, 2.45) is 16.8 Å². The predicted molar refractivity (Wildman–Crippen MR) is 114 cm³/mol. The summed E-state index contributed by atoms with van der Waals surface area (Å²) in [6.07, 6.45) is -0.299. The van der Waals surface area contributed by atoms with Gasteiger partial charge in [-0.15, -0.1) is 24.0 Å². The van der Waals surface area contributed by atoms with Gasteiger partial charge in [0, 0.05) is 53.1 Å². The first kappa shape index (κ1) is 25.7. The molecule has 0 bridgehead atoms. The van der Waals surface area contributed by atoms with E-state index in [-0.39, 0.29) is 29.9 Å². The highest BCUT2D eigenvalue weighted by atomic mass is 127. The first-order chi connectivity index (χ1) is 13.0. The van der Waals surface area contributed by atoms with Gasteiger partial charge in [0.25, 0.3) is 0 Å². The first-order valence-electron chi connectivity index (χ1n) is 9.85. The minimum atomic E-state index is -4.12. The Kier molecular flexibility index (Phi) is 12.7. The Bertz CT molecular complexity index is 449. The van der Waals surface area contributed by atoms with Crippen molar-refractivity contribution in [2.45, 2.75) is 31.9 Å². The quantitative estimate of drug-likeness (QED) is 0.211. The van der Waals surface area contributed by atoms with Crippen molar-refractivity contribution in [3.8, 4) is 0 Å². The SMILES string of the molecule is CN=C(NCCCOCC1CCOCC1)NCC1CCN(CC(F)(F)F)C1.I. The smallest absolute Gasteiger partial charge is 0.381 e. The van der Waals surface area contributed by atoms with Gasteiger partial charge < -0.3 is 20.1 Å². The van der Waals surface area contributed by atoms with Crippen LogP contribution in [0.3, 0.4) is 0 Å². The average Bonchev–Trinajstić information content (AvgIpc) is 3.06. The lowest BCUT2D eigenvalue weighted by atomic mass is 10.0. The summed E-state index contributed by atoms with van der Waals surface area (Å²) in [7, 11) is 1.70. The van der Waals surface area contributed by atoms with Gasteiger partial charge in [0.15, 0.2) is 5.96 Å². The highest BCUT2D eigenvalue weighted by Gasteiger charge is 2.34. The van der Waals surface area contributed by atoms with E-state index in [0.29, 0.717) is 38.1 Å². The van der Waals surface area contributed by atoms with E-state index in [9.17, 15) is 13.2 Å². The fourth-order valence-electron chi connectivity index (χ4n) is 3.48. The van der Waals surface area contributed by atoms with Crippen molar-refractivity contribution < 1.29 is 22.6 Å². The summed E-state index contributed by atoms with van der Waals surface area (Å²) in [4.78, 5) is 5.64. The van der Waals surface area contributed by atoms with E-state index in [1.807, 2.05) is 0 Å². The number of hydrogen-bond acceptors (Lipinski definition) is 4. The van der Waals surface area contributed by atoms with Crippen LogP contribution in [-0.2, 0) is 9.47 Å². The highest BCUT2D eigenvalue weighted by Crippen LogP contribution is 2.22. The van der Waals surface area contributed by atoms with Crippen molar-refractivity contribution in [1.29, 1.82) is 0 Å². The molecule has 0 aromatic heterocycles. The highest BCUT2D eigenvalue weighted by molar-refractivity contribution is 14.0. The molecule has 28 heavy (non-hydrogen) atoms. The molecule has 2 aliphatic heterocycles. The zero-order chi connectivity index (χ0) is 19.5. The van der Waals surface area contributed by atoms with Gasteiger partial charge in [0.2, 0.25) is 0 Å². The molecule has 0 aromatic carbocycles. The van der Waals surface area contributed by atoms with Crippen molar-refractivity contribution in [1.82, 2.24) is 15.5 Å². The molecule has 1 unspecified atom stereocenters. The molecule has 2 N–H and O–H groups in total. The Hall–Kier alpha value is -0.330. The Labute approximate surface area is 183 Å². The number of aliphatic imine (C=N–C) groups is 1. The molecule has 0 aromatic rings. The molecular weight excluding hydrogens is 488 g/mol. The van der Waals surface area contributed by atoms with Gasteiger partial charge in [-0.1, -0.05) is 0 Å². The minimum Gasteiger partial charge on any atom is -0.381 e. The van der Waals surface area contributed by atoms with Gasteiger partial charge in [0.05, 0.1) is 6.54 Å². The van der Waals surface area contributed by atoms with Crippen LogP contribution in [0, 0.1) is 11.8 Å². The van der Waals surface area contributed by atoms with Crippen LogP contribution in [-0.4, -0.2) is 83.2 Å². The number of nitrogens with one attached hydrogen (secondary N) is 2. The van der Waals surface area contributed by atoms with Crippen LogP contribution in [0.1, 0.15) is 25.7 Å². The van der Waals surface area contributed by atoms with Crippen LogP contribution in [0.2, 0.25) is 0 Å². The van der Waals surface area contributed by atoms with E-state index < -0.39 is 12.7 Å². The molecular formula is C18H34F3IN4O2. The lowest BCUT2D eigenvalue weighted by Gasteiger charge is -2.21. The third kappa shape index (κ3) is 11.0. The lowest BCUT2D eigenvalue weighted by Crippen LogP contribution is -2.41. The maximum Gasteiger partial charge on any atom is 0.401 e. The zero-order valence-electron chi connectivity index (χ0n) is 16.6. The molecule has 6 nitrogen and oxygen atoms in total. The summed E-state index contributed by atoms with van der Waals surface area (Å²) in [5.74, 6) is 1.52. The number of halogens is 4. The predicted octanol–water partition coefficient (Wildman–Crippen LogP) is 2.49. The van der Waals surface area contributed by atoms with Crippen LogP contribution in [0.5, 0.6) is 0 Å². The molecule has 2 heterocycles. The summed E-state index contributed by atoms with van der Waals surface area (Å²) in [5, 5.41) is 6.44. The summed E-state index contributed by atoms with van der Waals surface area (Å²) in [5.41, 5.74) is 0. The molecule has 0 aliphatic carbocycles. The number of nitrogens with zero attached hydrogens (tertiary/aromatic N) is 2. The van der Waals surface area contributed by atoms with Gasteiger partial charge in [-0.2, -0.15) is 13.2 Å². The van der Waals surface area contributed by atoms with Crippen LogP contribution in [0.4, 0.5) is 13.2 Å². The summed E-state index contributed by atoms with van der Waals surface area (Å²) < 4.78 is 48.4. The molecule has 2 aliphatic rings. The van der Waals surface area contributed by atoms with E-state index in [1.54, 1.807) is 7.05 Å². The topological polar surface area (TPSA) is 58.1 Å². The second-order valence-corrected chi connectivity index (χ2v) is 7.37. The maximum atomic E-state index is 12.4. The van der Waals surface area contributed by atoms with Crippen LogP contribution < -0.4 is 10.6 Å². The van der Waals surface area contributed by atoms with Gasteiger partial charge in [-0.3, -0.25) is 9.89 Å². The summed E-state index contributed by atoms with van der Waals surface area (Å²) in [6.45, 7) is 4.73. The molecule has 166 valence electrons. The number of alkyl halides is 3. The molecule has 0 saturated carbocycles. The average molecular weight is 522 g/mol. The molecule has 0 amide bonds. The third-order valence-corrected chi connectivity index (χ3v) is 5.01. The van der Waals surface area contributed by atoms with E-state index in [0.717, 1.165) is 52.0 Å². The van der Waals surface area contributed by atoms with Crippen molar-refractivity contribution in [2.75, 3.05) is 66.2 Å². The summed E-state index contributed by atoms with van der Waals surface area (Å²) in [6, 6.07) is 0. The van der Waals surface area contributed by atoms with Crippen LogP contribution in [0.15, 0.2) is 4.99 Å². The first-order valence-corrected chi connectivity index (χ1v) is 9.85. The van der Waals surface area contributed by atoms with Crippen molar-refractivity contribution in [3.05, 3.63) is 0 Å². The van der Waals surface area contributed by atoms with Gasteiger partial charge >= 0.3 is 6.18 Å². The number of guanidine groups is 1. The summed E-state index contributed by atoms with van der Waals surface area (Å²) >= 11 is 0. The van der Waals surface area contributed by atoms with Crippen LogP contribution in [0.25, 0.3) is 0 Å². The van der Waals surface area contributed by atoms with E-state index in [4.69, 9.17) is 9.47 Å². The Morgan fingerprint density at radius 1 is 1.18 bits per heavy atom. The van der Waals surface area contributed by atoms with Gasteiger partial charge in [-0.05, 0) is 44.1 Å². The van der Waals surface area contributed by atoms with Crippen molar-refractivity contribution >= 4 is 29.9 Å². The molecule has 2 saturated heterocycles. The Morgan fingerprint density at radius 2 is 1.93 bits per heavy atom. The van der Waals surface area contributed by atoms with Gasteiger partial charge in [-0.25, -0.2) is 0 Å². The van der Waals surface area contributed by atoms with Gasteiger partial charge in [0.1, 0.15) is 0 Å². The lowest BCUT2D eigenvalue weighted by molar-refractivity contribution is -0.143. The van der Waals surface area contributed by atoms with E-state index in [2.05, 4.69) is 15.6 Å². The molecule has 1 atom stereocenters. The van der Waals surface area contributed by atoms with Crippen LogP contribution >= 0.6 is 24.0 Å². The number of hydrogen-bond donors (Lipinski definition) is 2.